The van der Waals surface area contributed by atoms with Gasteiger partial charge in [-0.3, -0.25) is 4.79 Å². The summed E-state index contributed by atoms with van der Waals surface area (Å²) in [5.41, 5.74) is 3.22. The lowest BCUT2D eigenvalue weighted by atomic mass is 10.1. The summed E-state index contributed by atoms with van der Waals surface area (Å²) in [6.45, 7) is 5.25. The van der Waals surface area contributed by atoms with Crippen molar-refractivity contribution in [2.24, 2.45) is 0 Å². The first-order valence-corrected chi connectivity index (χ1v) is 10.1. The van der Waals surface area contributed by atoms with Gasteiger partial charge in [-0.25, -0.2) is 4.68 Å². The second-order valence-electron chi connectivity index (χ2n) is 7.35. The minimum Gasteiger partial charge on any atom is -0.346 e. The number of hydrogen-bond acceptors (Lipinski definition) is 2. The molecule has 28 heavy (non-hydrogen) atoms. The van der Waals surface area contributed by atoms with Gasteiger partial charge in [-0.1, -0.05) is 48.5 Å². The molecule has 2 atom stereocenters. The summed E-state index contributed by atoms with van der Waals surface area (Å²) in [4.78, 5) is 14.6. The number of carbonyl (C=O) groups excluding carboxylic acids is 1. The van der Waals surface area contributed by atoms with E-state index < -0.39 is 0 Å². The molecule has 0 saturated carbocycles. The Balaban J connectivity index is 1.61. The second kappa shape index (κ2) is 8.40. The Morgan fingerprint density at radius 2 is 1.86 bits per heavy atom. The summed E-state index contributed by atoms with van der Waals surface area (Å²) in [5.74, 6) is -0.0524. The van der Waals surface area contributed by atoms with Gasteiger partial charge in [0.25, 0.3) is 5.91 Å². The van der Waals surface area contributed by atoms with Crippen LogP contribution >= 0.6 is 0 Å². The fourth-order valence-electron chi connectivity index (χ4n) is 4.07. The molecular formula is C23H27N4O+. The van der Waals surface area contributed by atoms with Crippen molar-refractivity contribution in [3.8, 4) is 16.9 Å². The Morgan fingerprint density at radius 3 is 2.57 bits per heavy atom. The molecule has 144 valence electrons. The minimum atomic E-state index is -0.0524. The van der Waals surface area contributed by atoms with Crippen molar-refractivity contribution >= 4 is 5.91 Å². The summed E-state index contributed by atoms with van der Waals surface area (Å²) in [5, 5.41) is 7.90. The van der Waals surface area contributed by atoms with Gasteiger partial charge in [0.05, 0.1) is 30.9 Å². The zero-order chi connectivity index (χ0) is 19.3. The SMILES string of the molecule is CC[NH+]1CCC[C@@H]1CNC(=O)c1cn(-c2ccccc2)nc1-c1ccccc1. The Morgan fingerprint density at radius 1 is 1.14 bits per heavy atom. The Bertz CT molecular complexity index is 920. The molecule has 5 heteroatoms. The number of quaternary nitrogens is 1. The van der Waals surface area contributed by atoms with Crippen LogP contribution in [0.15, 0.2) is 66.9 Å². The van der Waals surface area contributed by atoms with Gasteiger partial charge in [0, 0.05) is 24.6 Å². The third-order valence-electron chi connectivity index (χ3n) is 5.62. The molecule has 0 radical (unpaired) electrons. The minimum absolute atomic E-state index is 0.0524. The number of benzene rings is 2. The number of nitrogens with zero attached hydrogens (tertiary/aromatic N) is 2. The van der Waals surface area contributed by atoms with Crippen LogP contribution in [0.4, 0.5) is 0 Å². The Labute approximate surface area is 166 Å². The summed E-state index contributed by atoms with van der Waals surface area (Å²) in [7, 11) is 0. The molecule has 3 aromatic rings. The predicted molar refractivity (Wildman–Crippen MR) is 111 cm³/mol. The molecule has 2 N–H and O–H groups in total. The van der Waals surface area contributed by atoms with E-state index in [4.69, 9.17) is 5.10 Å². The highest BCUT2D eigenvalue weighted by Gasteiger charge is 2.28. The first kappa shape index (κ1) is 18.4. The van der Waals surface area contributed by atoms with Crippen LogP contribution in [0, 0.1) is 0 Å². The summed E-state index contributed by atoms with van der Waals surface area (Å²) < 4.78 is 1.79. The molecule has 0 spiro atoms. The van der Waals surface area contributed by atoms with Crippen molar-refractivity contribution in [1.82, 2.24) is 15.1 Å². The van der Waals surface area contributed by atoms with Gasteiger partial charge in [-0.15, -0.1) is 0 Å². The van der Waals surface area contributed by atoms with Crippen LogP contribution in [-0.4, -0.2) is 41.4 Å². The molecule has 2 aromatic carbocycles. The lowest BCUT2D eigenvalue weighted by molar-refractivity contribution is -0.909. The molecule has 4 rings (SSSR count). The highest BCUT2D eigenvalue weighted by atomic mass is 16.1. The van der Waals surface area contributed by atoms with E-state index in [2.05, 4.69) is 12.2 Å². The number of aromatic nitrogens is 2. The van der Waals surface area contributed by atoms with E-state index in [0.29, 0.717) is 23.8 Å². The summed E-state index contributed by atoms with van der Waals surface area (Å²) >= 11 is 0. The first-order chi connectivity index (χ1) is 13.8. The van der Waals surface area contributed by atoms with Crippen molar-refractivity contribution in [2.75, 3.05) is 19.6 Å². The average molecular weight is 375 g/mol. The van der Waals surface area contributed by atoms with E-state index in [9.17, 15) is 4.79 Å². The number of likely N-dealkylation sites (N-methyl/N-ethyl adjacent to an activating group) is 1. The summed E-state index contributed by atoms with van der Waals surface area (Å²) in [6.07, 6.45) is 4.26. The van der Waals surface area contributed by atoms with E-state index in [-0.39, 0.29) is 5.91 Å². The molecule has 1 amide bonds. The van der Waals surface area contributed by atoms with Crippen LogP contribution in [-0.2, 0) is 0 Å². The van der Waals surface area contributed by atoms with Gasteiger partial charge in [-0.05, 0) is 19.1 Å². The van der Waals surface area contributed by atoms with Crippen molar-refractivity contribution < 1.29 is 9.69 Å². The monoisotopic (exact) mass is 375 g/mol. The predicted octanol–water partition coefficient (Wildman–Crippen LogP) is 2.34. The second-order valence-corrected chi connectivity index (χ2v) is 7.35. The average Bonchev–Trinajstić information content (AvgIpc) is 3.40. The Hall–Kier alpha value is -2.92. The van der Waals surface area contributed by atoms with Crippen molar-refractivity contribution in [2.45, 2.75) is 25.8 Å². The van der Waals surface area contributed by atoms with Gasteiger partial charge in [0.2, 0.25) is 0 Å². The number of para-hydroxylation sites is 1. The molecule has 1 fully saturated rings. The molecule has 1 unspecified atom stereocenters. The number of hydrogen-bond donors (Lipinski definition) is 2. The standard InChI is InChI=1S/C23H26N4O/c1-2-26-15-9-14-20(26)16-24-23(28)21-17-27(19-12-7-4-8-13-19)25-22(21)18-10-5-3-6-11-18/h3-8,10-13,17,20H,2,9,14-16H2,1H3,(H,24,28)/p+1/t20-/m1/s1. The topological polar surface area (TPSA) is 51.4 Å². The van der Waals surface area contributed by atoms with E-state index in [0.717, 1.165) is 17.8 Å². The lowest BCUT2D eigenvalue weighted by Crippen LogP contribution is -3.14. The fourth-order valence-corrected chi connectivity index (χ4v) is 4.07. The maximum atomic E-state index is 13.1. The zero-order valence-electron chi connectivity index (χ0n) is 16.3. The number of amides is 1. The van der Waals surface area contributed by atoms with Gasteiger partial charge < -0.3 is 10.2 Å². The largest absolute Gasteiger partial charge is 0.346 e. The lowest BCUT2D eigenvalue weighted by Gasteiger charge is -2.20. The normalized spacial score (nSPS) is 18.9. The van der Waals surface area contributed by atoms with Crippen LogP contribution in [0.25, 0.3) is 16.9 Å². The third kappa shape index (κ3) is 3.85. The molecular weight excluding hydrogens is 348 g/mol. The molecule has 1 aliphatic rings. The first-order valence-electron chi connectivity index (χ1n) is 10.1. The van der Waals surface area contributed by atoms with Gasteiger partial charge in [0.1, 0.15) is 11.7 Å². The van der Waals surface area contributed by atoms with Crippen LogP contribution in [0.3, 0.4) is 0 Å². The molecule has 2 heterocycles. The zero-order valence-corrected chi connectivity index (χ0v) is 16.3. The molecule has 1 saturated heterocycles. The van der Waals surface area contributed by atoms with E-state index in [1.54, 1.807) is 9.58 Å². The molecule has 0 bridgehead atoms. The van der Waals surface area contributed by atoms with E-state index in [1.165, 1.54) is 19.4 Å². The molecule has 0 aliphatic carbocycles. The highest BCUT2D eigenvalue weighted by Crippen LogP contribution is 2.23. The maximum Gasteiger partial charge on any atom is 0.255 e. The van der Waals surface area contributed by atoms with Crippen LogP contribution in [0.1, 0.15) is 30.1 Å². The van der Waals surface area contributed by atoms with Crippen LogP contribution in [0.2, 0.25) is 0 Å². The quantitative estimate of drug-likeness (QED) is 0.695. The van der Waals surface area contributed by atoms with Gasteiger partial charge in [-0.2, -0.15) is 5.10 Å². The smallest absolute Gasteiger partial charge is 0.255 e. The van der Waals surface area contributed by atoms with E-state index >= 15 is 0 Å². The van der Waals surface area contributed by atoms with Crippen LogP contribution < -0.4 is 10.2 Å². The van der Waals surface area contributed by atoms with Gasteiger partial charge in [0.15, 0.2) is 0 Å². The maximum absolute atomic E-state index is 13.1. The van der Waals surface area contributed by atoms with Crippen molar-refractivity contribution in [3.05, 3.63) is 72.4 Å². The number of likely N-dealkylation sites (tertiary alicyclic amines) is 1. The van der Waals surface area contributed by atoms with Gasteiger partial charge >= 0.3 is 0 Å². The Kier molecular flexibility index (Phi) is 5.53. The number of nitrogens with one attached hydrogen (secondary N) is 2. The third-order valence-corrected chi connectivity index (χ3v) is 5.62. The number of carbonyl (C=O) groups is 1. The van der Waals surface area contributed by atoms with Crippen LogP contribution in [0.5, 0.6) is 0 Å². The fraction of sp³-hybridized carbons (Fsp3) is 0.304. The number of rotatable bonds is 6. The van der Waals surface area contributed by atoms with Crippen molar-refractivity contribution in [1.29, 1.82) is 0 Å². The van der Waals surface area contributed by atoms with E-state index in [1.807, 2.05) is 66.9 Å². The molecule has 1 aliphatic heterocycles. The van der Waals surface area contributed by atoms with Crippen molar-refractivity contribution in [3.63, 3.8) is 0 Å². The molecule has 5 nitrogen and oxygen atoms in total. The molecule has 1 aromatic heterocycles. The summed E-state index contributed by atoms with van der Waals surface area (Å²) in [6, 6.07) is 20.3. The highest BCUT2D eigenvalue weighted by molar-refractivity contribution is 5.99.